The number of furan rings is 1. The summed E-state index contributed by atoms with van der Waals surface area (Å²) in [4.78, 5) is 9.76. The first-order valence-corrected chi connectivity index (χ1v) is 8.27. The third-order valence-corrected chi connectivity index (χ3v) is 4.40. The minimum absolute atomic E-state index is 0.0187. The van der Waals surface area contributed by atoms with Gasteiger partial charge in [-0.2, -0.15) is 4.98 Å². The SMILES string of the molecule is Cc1c(C[C@H](C)N)oc2c(NCc3cccs3)nc(Cl)nc12. The molecule has 0 aromatic carbocycles. The maximum atomic E-state index is 6.05. The molecule has 3 heterocycles. The summed E-state index contributed by atoms with van der Waals surface area (Å²) in [5.74, 6) is 1.45. The number of aryl methyl sites for hydroxylation is 1. The average Bonchev–Trinajstić information content (AvgIpc) is 3.07. The molecular formula is C15H17ClN4OS. The summed E-state index contributed by atoms with van der Waals surface area (Å²) in [6.45, 7) is 4.58. The Balaban J connectivity index is 1.98. The van der Waals surface area contributed by atoms with E-state index in [2.05, 4.69) is 21.4 Å². The zero-order valence-corrected chi connectivity index (χ0v) is 14.0. The van der Waals surface area contributed by atoms with Gasteiger partial charge in [-0.15, -0.1) is 11.3 Å². The third-order valence-electron chi connectivity index (χ3n) is 3.35. The first kappa shape index (κ1) is 15.3. The zero-order chi connectivity index (χ0) is 15.7. The fourth-order valence-electron chi connectivity index (χ4n) is 2.30. The molecule has 0 radical (unpaired) electrons. The Labute approximate surface area is 137 Å². The Hall–Kier alpha value is -1.63. The Morgan fingerprint density at radius 1 is 1.45 bits per heavy atom. The topological polar surface area (TPSA) is 77.0 Å². The summed E-state index contributed by atoms with van der Waals surface area (Å²) >= 11 is 7.73. The highest BCUT2D eigenvalue weighted by molar-refractivity contribution is 7.09. The van der Waals surface area contributed by atoms with Crippen molar-refractivity contribution in [3.63, 3.8) is 0 Å². The van der Waals surface area contributed by atoms with Gasteiger partial charge in [0.2, 0.25) is 5.28 Å². The second-order valence-electron chi connectivity index (χ2n) is 5.28. The molecule has 22 heavy (non-hydrogen) atoms. The van der Waals surface area contributed by atoms with Crippen LogP contribution in [-0.4, -0.2) is 16.0 Å². The lowest BCUT2D eigenvalue weighted by atomic mass is 10.1. The fraction of sp³-hybridized carbons (Fsp3) is 0.333. The number of rotatable bonds is 5. The number of nitrogens with two attached hydrogens (primary N) is 1. The molecule has 0 saturated heterocycles. The Bertz CT molecular complexity index is 783. The average molecular weight is 337 g/mol. The van der Waals surface area contributed by atoms with E-state index in [4.69, 9.17) is 21.8 Å². The van der Waals surface area contributed by atoms with E-state index in [-0.39, 0.29) is 11.3 Å². The van der Waals surface area contributed by atoms with Crippen LogP contribution in [0.25, 0.3) is 11.1 Å². The zero-order valence-electron chi connectivity index (χ0n) is 12.4. The summed E-state index contributed by atoms with van der Waals surface area (Å²) < 4.78 is 5.94. The van der Waals surface area contributed by atoms with E-state index in [1.807, 2.05) is 25.3 Å². The molecule has 0 unspecified atom stereocenters. The summed E-state index contributed by atoms with van der Waals surface area (Å²) in [5.41, 5.74) is 8.21. The van der Waals surface area contributed by atoms with Crippen molar-refractivity contribution >= 4 is 39.9 Å². The molecule has 3 aromatic heterocycles. The molecule has 0 aliphatic carbocycles. The molecule has 1 atom stereocenters. The van der Waals surface area contributed by atoms with Crippen molar-refractivity contribution in [1.29, 1.82) is 0 Å². The third kappa shape index (κ3) is 3.09. The first-order valence-electron chi connectivity index (χ1n) is 7.02. The van der Waals surface area contributed by atoms with Gasteiger partial charge in [0.15, 0.2) is 11.4 Å². The van der Waals surface area contributed by atoms with Gasteiger partial charge >= 0.3 is 0 Å². The maximum Gasteiger partial charge on any atom is 0.225 e. The van der Waals surface area contributed by atoms with Crippen molar-refractivity contribution in [3.8, 4) is 0 Å². The molecule has 0 bridgehead atoms. The van der Waals surface area contributed by atoms with Gasteiger partial charge in [-0.3, -0.25) is 0 Å². The number of nitrogens with zero attached hydrogens (tertiary/aromatic N) is 2. The molecule has 3 aromatic rings. The summed E-state index contributed by atoms with van der Waals surface area (Å²) in [6, 6.07) is 4.10. The van der Waals surface area contributed by atoms with Crippen molar-refractivity contribution in [2.45, 2.75) is 32.9 Å². The van der Waals surface area contributed by atoms with Gasteiger partial charge < -0.3 is 15.5 Å². The van der Waals surface area contributed by atoms with Crippen LogP contribution >= 0.6 is 22.9 Å². The highest BCUT2D eigenvalue weighted by atomic mass is 35.5. The Morgan fingerprint density at radius 2 is 2.27 bits per heavy atom. The van der Waals surface area contributed by atoms with Gasteiger partial charge in [0.05, 0.1) is 6.54 Å². The van der Waals surface area contributed by atoms with E-state index in [0.717, 1.165) is 16.8 Å². The molecule has 5 nitrogen and oxygen atoms in total. The van der Waals surface area contributed by atoms with Gasteiger partial charge in [-0.25, -0.2) is 4.98 Å². The highest BCUT2D eigenvalue weighted by Crippen LogP contribution is 2.30. The van der Waals surface area contributed by atoms with Crippen molar-refractivity contribution in [3.05, 3.63) is 39.0 Å². The lowest BCUT2D eigenvalue weighted by Crippen LogP contribution is -2.17. The van der Waals surface area contributed by atoms with Crippen LogP contribution < -0.4 is 11.1 Å². The number of anilines is 1. The van der Waals surface area contributed by atoms with E-state index in [0.29, 0.717) is 24.4 Å². The number of fused-ring (bicyclic) bond motifs is 1. The largest absolute Gasteiger partial charge is 0.455 e. The van der Waals surface area contributed by atoms with Crippen LogP contribution in [0.2, 0.25) is 5.28 Å². The number of hydrogen-bond donors (Lipinski definition) is 2. The predicted molar refractivity (Wildman–Crippen MR) is 90.6 cm³/mol. The van der Waals surface area contributed by atoms with Gasteiger partial charge in [0.1, 0.15) is 11.3 Å². The minimum Gasteiger partial charge on any atom is -0.455 e. The summed E-state index contributed by atoms with van der Waals surface area (Å²) in [5, 5.41) is 5.52. The number of aromatic nitrogens is 2. The second kappa shape index (κ2) is 6.24. The van der Waals surface area contributed by atoms with E-state index in [9.17, 15) is 0 Å². The highest BCUT2D eigenvalue weighted by Gasteiger charge is 2.18. The molecule has 116 valence electrons. The van der Waals surface area contributed by atoms with Crippen molar-refractivity contribution < 1.29 is 4.42 Å². The molecule has 0 fully saturated rings. The quantitative estimate of drug-likeness (QED) is 0.694. The number of thiophene rings is 1. The smallest absolute Gasteiger partial charge is 0.225 e. The molecule has 3 rings (SSSR count). The first-order chi connectivity index (χ1) is 10.5. The van der Waals surface area contributed by atoms with Gasteiger partial charge in [-0.1, -0.05) is 6.07 Å². The predicted octanol–water partition coefficient (Wildman–Crippen LogP) is 3.75. The molecule has 3 N–H and O–H groups in total. The number of hydrogen-bond acceptors (Lipinski definition) is 6. The van der Waals surface area contributed by atoms with Gasteiger partial charge in [-0.05, 0) is 36.9 Å². The molecule has 0 amide bonds. The minimum atomic E-state index is 0.0187. The fourth-order valence-corrected chi connectivity index (χ4v) is 3.11. The van der Waals surface area contributed by atoms with Crippen LogP contribution in [-0.2, 0) is 13.0 Å². The summed E-state index contributed by atoms with van der Waals surface area (Å²) in [7, 11) is 0. The maximum absolute atomic E-state index is 6.05. The van der Waals surface area contributed by atoms with Crippen LogP contribution in [0.3, 0.4) is 0 Å². The molecular weight excluding hydrogens is 320 g/mol. The molecule has 0 spiro atoms. The van der Waals surface area contributed by atoms with E-state index < -0.39 is 0 Å². The summed E-state index contributed by atoms with van der Waals surface area (Å²) in [6.07, 6.45) is 0.657. The van der Waals surface area contributed by atoms with Gasteiger partial charge in [0, 0.05) is 22.9 Å². The van der Waals surface area contributed by atoms with E-state index in [1.165, 1.54) is 4.88 Å². The van der Waals surface area contributed by atoms with E-state index in [1.54, 1.807) is 11.3 Å². The lowest BCUT2D eigenvalue weighted by molar-refractivity contribution is 0.521. The lowest BCUT2D eigenvalue weighted by Gasteiger charge is -2.04. The monoisotopic (exact) mass is 336 g/mol. The second-order valence-corrected chi connectivity index (χ2v) is 6.65. The van der Waals surface area contributed by atoms with Gasteiger partial charge in [0.25, 0.3) is 0 Å². The van der Waals surface area contributed by atoms with Crippen LogP contribution in [0.1, 0.15) is 23.1 Å². The Kier molecular flexibility index (Phi) is 4.33. The van der Waals surface area contributed by atoms with Crippen LogP contribution in [0.5, 0.6) is 0 Å². The molecule has 0 aliphatic heterocycles. The van der Waals surface area contributed by atoms with Crippen LogP contribution in [0.4, 0.5) is 5.82 Å². The molecule has 0 saturated carbocycles. The molecule has 7 heteroatoms. The van der Waals surface area contributed by atoms with Crippen LogP contribution in [0, 0.1) is 6.92 Å². The van der Waals surface area contributed by atoms with Crippen molar-refractivity contribution in [2.24, 2.45) is 5.73 Å². The Morgan fingerprint density at radius 3 is 2.95 bits per heavy atom. The van der Waals surface area contributed by atoms with Crippen LogP contribution in [0.15, 0.2) is 21.9 Å². The van der Waals surface area contributed by atoms with E-state index >= 15 is 0 Å². The molecule has 0 aliphatic rings. The van der Waals surface area contributed by atoms with Crippen molar-refractivity contribution in [1.82, 2.24) is 9.97 Å². The van der Waals surface area contributed by atoms with Crippen molar-refractivity contribution in [2.75, 3.05) is 5.32 Å². The number of halogens is 1. The normalized spacial score (nSPS) is 12.7. The standard InChI is InChI=1S/C15H17ClN4OS/c1-8(17)6-11-9(2)12-13(21-11)14(20-15(16)19-12)18-7-10-4-3-5-22-10/h3-5,8H,6-7,17H2,1-2H3,(H,18,19,20)/t8-/m0/s1. The number of nitrogens with one attached hydrogen (secondary N) is 1.